The molecule has 0 saturated heterocycles. The van der Waals surface area contributed by atoms with E-state index in [0.29, 0.717) is 6.54 Å². The van der Waals surface area contributed by atoms with Crippen LogP contribution in [0.3, 0.4) is 0 Å². The topological polar surface area (TPSA) is 66.5 Å². The number of hydrogen-bond acceptors (Lipinski definition) is 3. The Kier molecular flexibility index (Phi) is 6.26. The minimum Gasteiger partial charge on any atom is -0.355 e. The number of carbonyl (C=O) groups excluding carboxylic acids is 1. The predicted molar refractivity (Wildman–Crippen MR) is 79.6 cm³/mol. The summed E-state index contributed by atoms with van der Waals surface area (Å²) >= 11 is 11.6. The minimum absolute atomic E-state index is 0.0121. The minimum atomic E-state index is -3.77. The van der Waals surface area contributed by atoms with Crippen molar-refractivity contribution in [2.75, 3.05) is 19.6 Å². The van der Waals surface area contributed by atoms with Crippen molar-refractivity contribution in [2.45, 2.75) is 18.7 Å². The fourth-order valence-corrected chi connectivity index (χ4v) is 3.36. The molecule has 0 aliphatic rings. The summed E-state index contributed by atoms with van der Waals surface area (Å²) in [6.45, 7) is 3.83. The molecule has 112 valence electrons. The molecule has 1 rings (SSSR count). The van der Waals surface area contributed by atoms with E-state index in [4.69, 9.17) is 23.2 Å². The van der Waals surface area contributed by atoms with Crippen LogP contribution in [0, 0.1) is 0 Å². The van der Waals surface area contributed by atoms with E-state index in [9.17, 15) is 13.2 Å². The molecule has 1 aromatic carbocycles. The highest BCUT2D eigenvalue weighted by atomic mass is 35.5. The summed E-state index contributed by atoms with van der Waals surface area (Å²) in [7, 11) is -3.77. The van der Waals surface area contributed by atoms with Crippen molar-refractivity contribution in [1.29, 1.82) is 0 Å². The molecular weight excluding hydrogens is 323 g/mol. The normalized spacial score (nSPS) is 11.7. The van der Waals surface area contributed by atoms with Gasteiger partial charge in [0, 0.05) is 13.1 Å². The lowest BCUT2D eigenvalue weighted by Crippen LogP contribution is -2.40. The molecule has 0 unspecified atom stereocenters. The lowest BCUT2D eigenvalue weighted by atomic mass is 10.4. The molecule has 5 nitrogen and oxygen atoms in total. The Hall–Kier alpha value is -0.820. The molecule has 0 aliphatic carbocycles. The predicted octanol–water partition coefficient (Wildman–Crippen LogP) is 2.14. The first-order valence-electron chi connectivity index (χ1n) is 6.04. The van der Waals surface area contributed by atoms with Crippen LogP contribution < -0.4 is 5.32 Å². The molecule has 0 radical (unpaired) electrons. The van der Waals surface area contributed by atoms with Gasteiger partial charge in [-0.05, 0) is 25.1 Å². The number of rotatable bonds is 6. The van der Waals surface area contributed by atoms with Crippen LogP contribution in [-0.2, 0) is 14.8 Å². The van der Waals surface area contributed by atoms with Gasteiger partial charge in [-0.1, -0.05) is 30.1 Å². The summed E-state index contributed by atoms with van der Waals surface area (Å²) in [5, 5.41) is 2.99. The molecule has 0 spiro atoms. The van der Waals surface area contributed by atoms with Crippen molar-refractivity contribution in [2.24, 2.45) is 0 Å². The number of nitrogens with one attached hydrogen (secondary N) is 1. The number of sulfonamides is 1. The maximum atomic E-state index is 12.4. The third-order valence-electron chi connectivity index (χ3n) is 2.58. The molecule has 0 aliphatic heterocycles. The standard InChI is InChI=1S/C12H16Cl2N2O3S/c1-3-15-12(17)8-16(4-2)20(18,19)9-5-6-10(13)11(14)7-9/h5-7H,3-4,8H2,1-2H3,(H,15,17). The lowest BCUT2D eigenvalue weighted by Gasteiger charge is -2.20. The van der Waals surface area contributed by atoms with Gasteiger partial charge < -0.3 is 5.32 Å². The highest BCUT2D eigenvalue weighted by Crippen LogP contribution is 2.26. The number of benzene rings is 1. The summed E-state index contributed by atoms with van der Waals surface area (Å²) in [6, 6.07) is 4.06. The third-order valence-corrected chi connectivity index (χ3v) is 5.23. The van der Waals surface area contributed by atoms with E-state index in [1.165, 1.54) is 18.2 Å². The van der Waals surface area contributed by atoms with E-state index in [1.54, 1.807) is 13.8 Å². The summed E-state index contributed by atoms with van der Waals surface area (Å²) < 4.78 is 25.9. The number of halogens is 2. The Morgan fingerprint density at radius 2 is 1.90 bits per heavy atom. The van der Waals surface area contributed by atoms with Crippen LogP contribution in [0.5, 0.6) is 0 Å². The first-order valence-corrected chi connectivity index (χ1v) is 8.24. The van der Waals surface area contributed by atoms with Gasteiger partial charge in [-0.3, -0.25) is 4.79 Å². The Balaban J connectivity index is 3.05. The number of likely N-dealkylation sites (N-methyl/N-ethyl adjacent to an activating group) is 2. The second kappa shape index (κ2) is 7.26. The van der Waals surface area contributed by atoms with E-state index in [1.807, 2.05) is 0 Å². The average Bonchev–Trinajstić information content (AvgIpc) is 2.39. The quantitative estimate of drug-likeness (QED) is 0.864. The summed E-state index contributed by atoms with van der Waals surface area (Å²) in [5.74, 6) is -0.349. The van der Waals surface area contributed by atoms with Crippen molar-refractivity contribution >= 4 is 39.1 Å². The fourth-order valence-electron chi connectivity index (χ4n) is 1.57. The van der Waals surface area contributed by atoms with Crippen LogP contribution in [0.15, 0.2) is 23.1 Å². The van der Waals surface area contributed by atoms with Gasteiger partial charge in [0.2, 0.25) is 15.9 Å². The first-order chi connectivity index (χ1) is 9.32. The zero-order valence-corrected chi connectivity index (χ0v) is 13.5. The molecule has 0 fully saturated rings. The summed E-state index contributed by atoms with van der Waals surface area (Å²) in [5.41, 5.74) is 0. The van der Waals surface area contributed by atoms with Crippen LogP contribution in [-0.4, -0.2) is 38.3 Å². The molecular formula is C12H16Cl2N2O3S. The SMILES string of the molecule is CCNC(=O)CN(CC)S(=O)(=O)c1ccc(Cl)c(Cl)c1. The second-order valence-corrected chi connectivity index (χ2v) is 6.71. The maximum absolute atomic E-state index is 12.4. The van der Waals surface area contributed by atoms with E-state index < -0.39 is 10.0 Å². The largest absolute Gasteiger partial charge is 0.355 e. The Labute approximate surface area is 128 Å². The molecule has 20 heavy (non-hydrogen) atoms. The van der Waals surface area contributed by atoms with Crippen LogP contribution in [0.4, 0.5) is 0 Å². The van der Waals surface area contributed by atoms with Gasteiger partial charge in [-0.15, -0.1) is 0 Å². The van der Waals surface area contributed by atoms with Crippen molar-refractivity contribution in [1.82, 2.24) is 9.62 Å². The van der Waals surface area contributed by atoms with Gasteiger partial charge in [0.15, 0.2) is 0 Å². The van der Waals surface area contributed by atoms with E-state index in [-0.39, 0.29) is 33.9 Å². The molecule has 0 aromatic heterocycles. The molecule has 1 N–H and O–H groups in total. The Bertz CT molecular complexity index is 590. The van der Waals surface area contributed by atoms with Crippen LogP contribution in [0.1, 0.15) is 13.8 Å². The van der Waals surface area contributed by atoms with E-state index in [0.717, 1.165) is 4.31 Å². The monoisotopic (exact) mass is 338 g/mol. The highest BCUT2D eigenvalue weighted by molar-refractivity contribution is 7.89. The lowest BCUT2D eigenvalue weighted by molar-refractivity contribution is -0.121. The molecule has 0 heterocycles. The number of hydrogen-bond donors (Lipinski definition) is 1. The van der Waals surface area contributed by atoms with Gasteiger partial charge in [-0.25, -0.2) is 8.42 Å². The first kappa shape index (κ1) is 17.2. The second-order valence-electron chi connectivity index (χ2n) is 3.96. The van der Waals surface area contributed by atoms with Crippen molar-refractivity contribution in [3.63, 3.8) is 0 Å². The zero-order valence-electron chi connectivity index (χ0n) is 11.2. The maximum Gasteiger partial charge on any atom is 0.243 e. The van der Waals surface area contributed by atoms with Crippen molar-refractivity contribution in [3.8, 4) is 0 Å². The zero-order chi connectivity index (χ0) is 15.3. The molecule has 1 amide bonds. The molecule has 1 aromatic rings. The highest BCUT2D eigenvalue weighted by Gasteiger charge is 2.25. The van der Waals surface area contributed by atoms with Gasteiger partial charge in [-0.2, -0.15) is 4.31 Å². The smallest absolute Gasteiger partial charge is 0.243 e. The van der Waals surface area contributed by atoms with Gasteiger partial charge >= 0.3 is 0 Å². The van der Waals surface area contributed by atoms with Crippen molar-refractivity contribution < 1.29 is 13.2 Å². The molecule has 0 saturated carbocycles. The van der Waals surface area contributed by atoms with E-state index in [2.05, 4.69) is 5.32 Å². The van der Waals surface area contributed by atoms with Gasteiger partial charge in [0.1, 0.15) is 0 Å². The molecule has 0 bridgehead atoms. The van der Waals surface area contributed by atoms with Crippen LogP contribution in [0.2, 0.25) is 10.0 Å². The third kappa shape index (κ3) is 4.09. The fraction of sp³-hybridized carbons (Fsp3) is 0.417. The van der Waals surface area contributed by atoms with Crippen LogP contribution >= 0.6 is 23.2 Å². The van der Waals surface area contributed by atoms with E-state index >= 15 is 0 Å². The summed E-state index contributed by atoms with van der Waals surface area (Å²) in [6.07, 6.45) is 0. The number of nitrogens with zero attached hydrogens (tertiary/aromatic N) is 1. The summed E-state index contributed by atoms with van der Waals surface area (Å²) in [4.78, 5) is 11.6. The van der Waals surface area contributed by atoms with Crippen molar-refractivity contribution in [3.05, 3.63) is 28.2 Å². The number of amides is 1. The number of carbonyl (C=O) groups is 1. The Morgan fingerprint density at radius 3 is 2.40 bits per heavy atom. The average molecular weight is 339 g/mol. The van der Waals surface area contributed by atoms with Gasteiger partial charge in [0.05, 0.1) is 21.5 Å². The molecule has 8 heteroatoms. The Morgan fingerprint density at radius 1 is 1.25 bits per heavy atom. The van der Waals surface area contributed by atoms with Gasteiger partial charge in [0.25, 0.3) is 0 Å². The molecule has 0 atom stereocenters. The van der Waals surface area contributed by atoms with Crippen LogP contribution in [0.25, 0.3) is 0 Å².